The molecule has 0 saturated carbocycles. The monoisotopic (exact) mass is 264 g/mol. The lowest BCUT2D eigenvalue weighted by atomic mass is 9.97. The SMILES string of the molecule is CCN(CC1CCCNC1)C(C)c1cn(C)nc1C. The number of nitrogens with zero attached hydrogens (tertiary/aromatic N) is 3. The van der Waals surface area contributed by atoms with Gasteiger partial charge in [0.25, 0.3) is 0 Å². The topological polar surface area (TPSA) is 33.1 Å². The van der Waals surface area contributed by atoms with Crippen molar-refractivity contribution in [2.24, 2.45) is 13.0 Å². The van der Waals surface area contributed by atoms with Crippen LogP contribution in [0.4, 0.5) is 0 Å². The van der Waals surface area contributed by atoms with Crippen molar-refractivity contribution < 1.29 is 0 Å². The van der Waals surface area contributed by atoms with Gasteiger partial charge in [-0.1, -0.05) is 6.92 Å². The number of rotatable bonds is 5. The van der Waals surface area contributed by atoms with Crippen LogP contribution in [0.15, 0.2) is 6.20 Å². The number of aromatic nitrogens is 2. The summed E-state index contributed by atoms with van der Waals surface area (Å²) in [6.45, 7) is 11.4. The highest BCUT2D eigenvalue weighted by atomic mass is 15.3. The zero-order valence-electron chi connectivity index (χ0n) is 12.8. The van der Waals surface area contributed by atoms with Crippen LogP contribution in [-0.2, 0) is 7.05 Å². The highest BCUT2D eigenvalue weighted by Crippen LogP contribution is 2.24. The molecule has 0 spiro atoms. The fraction of sp³-hybridized carbons (Fsp3) is 0.800. The van der Waals surface area contributed by atoms with Crippen molar-refractivity contribution in [2.75, 3.05) is 26.2 Å². The summed E-state index contributed by atoms with van der Waals surface area (Å²) in [5, 5.41) is 7.99. The minimum atomic E-state index is 0.459. The molecule has 1 fully saturated rings. The van der Waals surface area contributed by atoms with Crippen molar-refractivity contribution >= 4 is 0 Å². The zero-order valence-corrected chi connectivity index (χ0v) is 12.8. The summed E-state index contributed by atoms with van der Waals surface area (Å²) in [6.07, 6.45) is 4.85. The Morgan fingerprint density at radius 3 is 2.89 bits per heavy atom. The van der Waals surface area contributed by atoms with E-state index in [0.717, 1.165) is 18.2 Å². The molecule has 2 atom stereocenters. The van der Waals surface area contributed by atoms with E-state index in [1.807, 2.05) is 11.7 Å². The summed E-state index contributed by atoms with van der Waals surface area (Å²) >= 11 is 0. The average molecular weight is 264 g/mol. The van der Waals surface area contributed by atoms with Gasteiger partial charge in [0, 0.05) is 31.4 Å². The standard InChI is InChI=1S/C15H28N4/c1-5-19(10-14-7-6-8-16-9-14)13(3)15-11-18(4)17-12(15)2/h11,13-14,16H,5-10H2,1-4H3. The van der Waals surface area contributed by atoms with Gasteiger partial charge in [-0.05, 0) is 52.2 Å². The van der Waals surface area contributed by atoms with Crippen LogP contribution in [0.5, 0.6) is 0 Å². The third-order valence-corrected chi connectivity index (χ3v) is 4.35. The van der Waals surface area contributed by atoms with Crippen molar-refractivity contribution in [1.29, 1.82) is 0 Å². The van der Waals surface area contributed by atoms with E-state index in [9.17, 15) is 0 Å². The van der Waals surface area contributed by atoms with Gasteiger partial charge in [0.05, 0.1) is 5.69 Å². The van der Waals surface area contributed by atoms with Gasteiger partial charge in [-0.25, -0.2) is 0 Å². The van der Waals surface area contributed by atoms with Crippen LogP contribution >= 0.6 is 0 Å². The minimum Gasteiger partial charge on any atom is -0.316 e. The molecular formula is C15H28N4. The van der Waals surface area contributed by atoms with E-state index in [2.05, 4.69) is 42.3 Å². The summed E-state index contributed by atoms with van der Waals surface area (Å²) in [6, 6.07) is 0.459. The molecule has 2 unspecified atom stereocenters. The van der Waals surface area contributed by atoms with Crippen LogP contribution in [0.1, 0.15) is 44.0 Å². The van der Waals surface area contributed by atoms with Crippen molar-refractivity contribution in [2.45, 2.75) is 39.7 Å². The molecule has 1 aromatic rings. The molecule has 0 aromatic carbocycles. The maximum Gasteiger partial charge on any atom is 0.0641 e. The molecule has 0 amide bonds. The van der Waals surface area contributed by atoms with Gasteiger partial charge in [0.15, 0.2) is 0 Å². The molecule has 4 heteroatoms. The molecule has 2 heterocycles. The zero-order chi connectivity index (χ0) is 13.8. The van der Waals surface area contributed by atoms with Crippen LogP contribution in [0.2, 0.25) is 0 Å². The Balaban J connectivity index is 2.01. The predicted octanol–water partition coefficient (Wildman–Crippen LogP) is 2.11. The van der Waals surface area contributed by atoms with Crippen molar-refractivity contribution in [3.63, 3.8) is 0 Å². The molecule has 1 N–H and O–H groups in total. The first-order chi connectivity index (χ1) is 9.11. The van der Waals surface area contributed by atoms with Gasteiger partial charge in [0.1, 0.15) is 0 Å². The maximum absolute atomic E-state index is 4.47. The normalized spacial score (nSPS) is 21.8. The summed E-state index contributed by atoms with van der Waals surface area (Å²) in [7, 11) is 2.00. The molecule has 108 valence electrons. The lowest BCUT2D eigenvalue weighted by Crippen LogP contribution is -2.39. The summed E-state index contributed by atoms with van der Waals surface area (Å²) in [5.74, 6) is 0.799. The fourth-order valence-corrected chi connectivity index (χ4v) is 3.20. The van der Waals surface area contributed by atoms with Gasteiger partial charge in [-0.2, -0.15) is 5.10 Å². The highest BCUT2D eigenvalue weighted by molar-refractivity contribution is 5.19. The molecule has 1 aliphatic heterocycles. The van der Waals surface area contributed by atoms with E-state index < -0.39 is 0 Å². The number of piperidine rings is 1. The van der Waals surface area contributed by atoms with E-state index in [4.69, 9.17) is 0 Å². The predicted molar refractivity (Wildman–Crippen MR) is 79.2 cm³/mol. The van der Waals surface area contributed by atoms with E-state index in [1.54, 1.807) is 0 Å². The molecule has 1 aliphatic rings. The van der Waals surface area contributed by atoms with Crippen molar-refractivity contribution in [1.82, 2.24) is 20.0 Å². The fourth-order valence-electron chi connectivity index (χ4n) is 3.20. The lowest BCUT2D eigenvalue weighted by molar-refractivity contribution is 0.170. The number of hydrogen-bond acceptors (Lipinski definition) is 3. The second kappa shape index (κ2) is 6.53. The largest absolute Gasteiger partial charge is 0.316 e. The summed E-state index contributed by atoms with van der Waals surface area (Å²) in [4.78, 5) is 2.58. The molecule has 0 radical (unpaired) electrons. The molecule has 0 aliphatic carbocycles. The molecule has 2 rings (SSSR count). The number of aryl methyl sites for hydroxylation is 2. The first kappa shape index (κ1) is 14.5. The number of hydrogen-bond donors (Lipinski definition) is 1. The summed E-state index contributed by atoms with van der Waals surface area (Å²) < 4.78 is 1.93. The van der Waals surface area contributed by atoms with E-state index in [-0.39, 0.29) is 0 Å². The Bertz CT molecular complexity index is 393. The Kier molecular flexibility index (Phi) is 4.99. The molecule has 0 bridgehead atoms. The third-order valence-electron chi connectivity index (χ3n) is 4.35. The molecular weight excluding hydrogens is 236 g/mol. The Morgan fingerprint density at radius 2 is 2.37 bits per heavy atom. The number of nitrogens with one attached hydrogen (secondary N) is 1. The van der Waals surface area contributed by atoms with Crippen LogP contribution in [0.25, 0.3) is 0 Å². The first-order valence-corrected chi connectivity index (χ1v) is 7.56. The average Bonchev–Trinajstić information content (AvgIpc) is 2.75. The molecule has 4 nitrogen and oxygen atoms in total. The second-order valence-electron chi connectivity index (χ2n) is 5.82. The van der Waals surface area contributed by atoms with Crippen molar-refractivity contribution in [3.8, 4) is 0 Å². The van der Waals surface area contributed by atoms with Gasteiger partial charge in [0.2, 0.25) is 0 Å². The van der Waals surface area contributed by atoms with Crippen LogP contribution in [-0.4, -0.2) is 40.9 Å². The molecule has 19 heavy (non-hydrogen) atoms. The Morgan fingerprint density at radius 1 is 1.58 bits per heavy atom. The lowest BCUT2D eigenvalue weighted by Gasteiger charge is -2.33. The van der Waals surface area contributed by atoms with Crippen LogP contribution in [0.3, 0.4) is 0 Å². The van der Waals surface area contributed by atoms with E-state index >= 15 is 0 Å². The van der Waals surface area contributed by atoms with Gasteiger partial charge < -0.3 is 5.32 Å². The van der Waals surface area contributed by atoms with E-state index in [1.165, 1.54) is 38.0 Å². The quantitative estimate of drug-likeness (QED) is 0.884. The van der Waals surface area contributed by atoms with Crippen molar-refractivity contribution in [3.05, 3.63) is 17.5 Å². The smallest absolute Gasteiger partial charge is 0.0641 e. The van der Waals surface area contributed by atoms with Gasteiger partial charge >= 0.3 is 0 Å². The Labute approximate surface area is 117 Å². The second-order valence-corrected chi connectivity index (χ2v) is 5.82. The minimum absolute atomic E-state index is 0.459. The highest BCUT2D eigenvalue weighted by Gasteiger charge is 2.22. The van der Waals surface area contributed by atoms with Gasteiger partial charge in [-0.3, -0.25) is 9.58 Å². The third kappa shape index (κ3) is 3.57. The maximum atomic E-state index is 4.47. The molecule has 1 aromatic heterocycles. The van der Waals surface area contributed by atoms with Gasteiger partial charge in [-0.15, -0.1) is 0 Å². The van der Waals surface area contributed by atoms with Crippen LogP contribution in [0, 0.1) is 12.8 Å². The summed E-state index contributed by atoms with van der Waals surface area (Å²) in [5.41, 5.74) is 2.53. The Hall–Kier alpha value is -0.870. The molecule has 1 saturated heterocycles. The first-order valence-electron chi connectivity index (χ1n) is 7.56. The van der Waals surface area contributed by atoms with Crippen LogP contribution < -0.4 is 5.32 Å². The van der Waals surface area contributed by atoms with E-state index in [0.29, 0.717) is 6.04 Å².